The molecule has 2 aliphatic rings. The Labute approximate surface area is 176 Å². The van der Waals surface area contributed by atoms with Gasteiger partial charge in [0.1, 0.15) is 11.4 Å². The van der Waals surface area contributed by atoms with Crippen LogP contribution in [0.4, 0.5) is 10.3 Å². The molecule has 1 aromatic carbocycles. The van der Waals surface area contributed by atoms with E-state index < -0.39 is 0 Å². The maximum Gasteiger partial charge on any atom is 0.197 e. The molecule has 0 fully saturated rings. The Morgan fingerprint density at radius 3 is 2.90 bits per heavy atom. The third kappa shape index (κ3) is 3.81. The average molecular weight is 422 g/mol. The van der Waals surface area contributed by atoms with Crippen molar-refractivity contribution < 1.29 is 0 Å². The standard InChI is InChI=1S/C20H19N7S2/c21-9-13-2-3-14-4-7-27(10-15(14)8-13)20-25-17(12-29-20)16-11-28-19(24-16)26-18-22-5-1-6-23-18/h2-3,8,11-12H,1,4-7,10H2,(H2,22,23,24,26). The number of anilines is 2. The molecule has 0 aliphatic carbocycles. The molecule has 7 nitrogen and oxygen atoms in total. The van der Waals surface area contributed by atoms with Crippen molar-refractivity contribution in [2.75, 3.05) is 29.9 Å². The first-order valence-electron chi connectivity index (χ1n) is 9.52. The molecular weight excluding hydrogens is 402 g/mol. The van der Waals surface area contributed by atoms with Crippen molar-refractivity contribution in [3.8, 4) is 17.5 Å². The second-order valence-electron chi connectivity index (χ2n) is 6.96. The van der Waals surface area contributed by atoms with Crippen LogP contribution < -0.4 is 15.5 Å². The first-order chi connectivity index (χ1) is 14.3. The van der Waals surface area contributed by atoms with Crippen molar-refractivity contribution in [1.29, 1.82) is 5.26 Å². The van der Waals surface area contributed by atoms with Gasteiger partial charge in [0.2, 0.25) is 0 Å². The highest BCUT2D eigenvalue weighted by Crippen LogP contribution is 2.32. The number of guanidine groups is 1. The summed E-state index contributed by atoms with van der Waals surface area (Å²) in [5.41, 5.74) is 5.02. The Balaban J connectivity index is 1.31. The minimum absolute atomic E-state index is 0.713. The average Bonchev–Trinajstić information content (AvgIpc) is 3.43. The summed E-state index contributed by atoms with van der Waals surface area (Å²) in [6.07, 6.45) is 2.03. The molecule has 2 N–H and O–H groups in total. The quantitative estimate of drug-likeness (QED) is 0.673. The number of rotatable bonds is 3. The maximum absolute atomic E-state index is 9.16. The molecule has 0 atom stereocenters. The van der Waals surface area contributed by atoms with Crippen LogP contribution in [0.3, 0.4) is 0 Å². The summed E-state index contributed by atoms with van der Waals surface area (Å²) in [5, 5.41) is 21.6. The minimum atomic E-state index is 0.713. The number of fused-ring (bicyclic) bond motifs is 1. The number of hydrogen-bond donors (Lipinski definition) is 2. The highest BCUT2D eigenvalue weighted by atomic mass is 32.1. The summed E-state index contributed by atoms with van der Waals surface area (Å²) >= 11 is 3.19. The molecule has 0 amide bonds. The van der Waals surface area contributed by atoms with Crippen LogP contribution in [0.5, 0.6) is 0 Å². The molecule has 0 unspecified atom stereocenters. The van der Waals surface area contributed by atoms with Gasteiger partial charge in [-0.2, -0.15) is 5.26 Å². The lowest BCUT2D eigenvalue weighted by molar-refractivity contribution is 0.729. The molecule has 0 radical (unpaired) electrons. The normalized spacial score (nSPS) is 15.8. The topological polar surface area (TPSA) is 89.2 Å². The summed E-state index contributed by atoms with van der Waals surface area (Å²) in [5.74, 6) is 0.792. The Bertz CT molecular complexity index is 1110. The van der Waals surface area contributed by atoms with Crippen LogP contribution in [-0.4, -0.2) is 35.6 Å². The van der Waals surface area contributed by atoms with E-state index in [1.807, 2.05) is 17.5 Å². The van der Waals surface area contributed by atoms with Gasteiger partial charge >= 0.3 is 0 Å². The molecule has 29 heavy (non-hydrogen) atoms. The van der Waals surface area contributed by atoms with Crippen LogP contribution in [-0.2, 0) is 13.0 Å². The number of thiazole rings is 2. The van der Waals surface area contributed by atoms with E-state index >= 15 is 0 Å². The van der Waals surface area contributed by atoms with E-state index in [2.05, 4.69) is 43.0 Å². The van der Waals surface area contributed by atoms with E-state index in [-0.39, 0.29) is 0 Å². The van der Waals surface area contributed by atoms with Gasteiger partial charge in [-0.25, -0.2) is 9.97 Å². The summed E-state index contributed by atoms with van der Waals surface area (Å²) in [6.45, 7) is 3.50. The van der Waals surface area contributed by atoms with Gasteiger partial charge in [-0.1, -0.05) is 6.07 Å². The first-order valence-corrected chi connectivity index (χ1v) is 11.3. The van der Waals surface area contributed by atoms with Gasteiger partial charge in [-0.3, -0.25) is 4.99 Å². The molecule has 0 spiro atoms. The van der Waals surface area contributed by atoms with Crippen molar-refractivity contribution in [1.82, 2.24) is 15.3 Å². The largest absolute Gasteiger partial charge is 0.356 e. The summed E-state index contributed by atoms with van der Waals surface area (Å²) in [7, 11) is 0. The van der Waals surface area contributed by atoms with Crippen LogP contribution >= 0.6 is 22.7 Å². The van der Waals surface area contributed by atoms with E-state index in [0.717, 1.165) is 66.6 Å². The van der Waals surface area contributed by atoms with Crippen LogP contribution in [0.25, 0.3) is 11.4 Å². The third-order valence-electron chi connectivity index (χ3n) is 5.00. The van der Waals surface area contributed by atoms with Crippen LogP contribution in [0, 0.1) is 11.3 Å². The van der Waals surface area contributed by atoms with Crippen LogP contribution in [0.1, 0.15) is 23.1 Å². The zero-order valence-electron chi connectivity index (χ0n) is 15.7. The van der Waals surface area contributed by atoms with Crippen molar-refractivity contribution in [3.63, 3.8) is 0 Å². The zero-order valence-corrected chi connectivity index (χ0v) is 17.3. The van der Waals surface area contributed by atoms with E-state index in [1.54, 1.807) is 22.7 Å². The maximum atomic E-state index is 9.16. The molecule has 2 aromatic heterocycles. The zero-order chi connectivity index (χ0) is 19.6. The summed E-state index contributed by atoms with van der Waals surface area (Å²) < 4.78 is 0. The van der Waals surface area contributed by atoms with Crippen molar-refractivity contribution in [2.24, 2.45) is 4.99 Å². The fourth-order valence-corrected chi connectivity index (χ4v) is 5.03. The smallest absolute Gasteiger partial charge is 0.197 e. The monoisotopic (exact) mass is 421 g/mol. The predicted octanol–water partition coefficient (Wildman–Crippen LogP) is 3.46. The summed E-state index contributed by atoms with van der Waals surface area (Å²) in [6, 6.07) is 8.21. The SMILES string of the molecule is N#Cc1ccc2c(c1)CN(c1nc(-c3csc(NC4=NCCCN4)n3)cs1)CC2. The van der Waals surface area contributed by atoms with Crippen LogP contribution in [0.15, 0.2) is 34.0 Å². The number of nitriles is 1. The van der Waals surface area contributed by atoms with Crippen molar-refractivity contribution >= 4 is 38.9 Å². The second kappa shape index (κ2) is 7.81. The van der Waals surface area contributed by atoms with Crippen LogP contribution in [0.2, 0.25) is 0 Å². The van der Waals surface area contributed by atoms with Gasteiger partial charge in [0.05, 0.1) is 11.6 Å². The predicted molar refractivity (Wildman–Crippen MR) is 118 cm³/mol. The first kappa shape index (κ1) is 18.1. The number of hydrogen-bond acceptors (Lipinski definition) is 9. The Morgan fingerprint density at radius 1 is 1.14 bits per heavy atom. The second-order valence-corrected chi connectivity index (χ2v) is 8.65. The molecule has 0 saturated carbocycles. The fraction of sp³-hybridized carbons (Fsp3) is 0.300. The van der Waals surface area contributed by atoms with E-state index in [4.69, 9.17) is 10.2 Å². The van der Waals surface area contributed by atoms with Gasteiger partial charge in [-0.05, 0) is 36.1 Å². The van der Waals surface area contributed by atoms with Gasteiger partial charge in [0.25, 0.3) is 0 Å². The number of aliphatic imine (C=N–C) groups is 1. The highest BCUT2D eigenvalue weighted by molar-refractivity contribution is 7.15. The lowest BCUT2D eigenvalue weighted by Gasteiger charge is -2.28. The van der Waals surface area contributed by atoms with E-state index in [1.165, 1.54) is 11.1 Å². The van der Waals surface area contributed by atoms with Gasteiger partial charge in [-0.15, -0.1) is 22.7 Å². The van der Waals surface area contributed by atoms with Gasteiger partial charge in [0.15, 0.2) is 16.2 Å². The summed E-state index contributed by atoms with van der Waals surface area (Å²) in [4.78, 5) is 16.2. The lowest BCUT2D eigenvalue weighted by Crippen LogP contribution is -2.35. The van der Waals surface area contributed by atoms with Crippen molar-refractivity contribution in [2.45, 2.75) is 19.4 Å². The van der Waals surface area contributed by atoms with Gasteiger partial charge < -0.3 is 15.5 Å². The molecule has 3 aromatic rings. The molecule has 0 saturated heterocycles. The Kier molecular flexibility index (Phi) is 4.87. The molecule has 5 rings (SSSR count). The van der Waals surface area contributed by atoms with Gasteiger partial charge in [0, 0.05) is 36.9 Å². The number of aromatic nitrogens is 2. The lowest BCUT2D eigenvalue weighted by atomic mass is 9.98. The third-order valence-corrected chi connectivity index (χ3v) is 6.66. The minimum Gasteiger partial charge on any atom is -0.356 e. The highest BCUT2D eigenvalue weighted by Gasteiger charge is 2.20. The Hall–Kier alpha value is -2.96. The number of nitrogens with one attached hydrogen (secondary N) is 2. The molecule has 4 heterocycles. The molecule has 2 aliphatic heterocycles. The molecular formula is C20H19N7S2. The Morgan fingerprint density at radius 2 is 2.03 bits per heavy atom. The van der Waals surface area contributed by atoms with Crippen molar-refractivity contribution in [3.05, 3.63) is 45.6 Å². The number of benzene rings is 1. The number of nitrogens with zero attached hydrogens (tertiary/aromatic N) is 5. The molecule has 146 valence electrons. The van der Waals surface area contributed by atoms with E-state index in [9.17, 15) is 0 Å². The molecule has 0 bridgehead atoms. The fourth-order valence-electron chi connectivity index (χ4n) is 3.48. The molecule has 9 heteroatoms. The van der Waals surface area contributed by atoms with E-state index in [0.29, 0.717) is 5.56 Å².